The van der Waals surface area contributed by atoms with E-state index in [4.69, 9.17) is 11.5 Å². The molecule has 2 aromatic heterocycles. The Bertz CT molecular complexity index is 954. The predicted octanol–water partition coefficient (Wildman–Crippen LogP) is -1.78. The third kappa shape index (κ3) is 9.90. The lowest BCUT2D eigenvalue weighted by Gasteiger charge is -2.21. The summed E-state index contributed by atoms with van der Waals surface area (Å²) in [7, 11) is 0. The Morgan fingerprint density at radius 1 is 1.03 bits per heavy atom. The number of nitrogens with one attached hydrogen (secondary N) is 4. The number of hydrogen-bond donors (Lipinski definition) is 7. The second-order valence-corrected chi connectivity index (χ2v) is 7.97. The van der Waals surface area contributed by atoms with Gasteiger partial charge in [0.1, 0.15) is 12.1 Å². The topological polar surface area (TPSA) is 218 Å². The number of pyridine rings is 1. The number of aliphatic carboxylic acids is 1. The van der Waals surface area contributed by atoms with E-state index in [2.05, 4.69) is 30.9 Å². The molecule has 0 aliphatic heterocycles. The average molecular weight is 489 g/mol. The summed E-state index contributed by atoms with van der Waals surface area (Å²) >= 11 is 0. The fourth-order valence-electron chi connectivity index (χ4n) is 3.26. The Kier molecular flexibility index (Phi) is 11.3. The average Bonchev–Trinajstić information content (AvgIpc) is 3.35. The van der Waals surface area contributed by atoms with Crippen LogP contribution >= 0.6 is 0 Å². The monoisotopic (exact) mass is 488 g/mol. The van der Waals surface area contributed by atoms with Gasteiger partial charge in [-0.25, -0.2) is 9.78 Å². The normalized spacial score (nSPS) is 13.3. The largest absolute Gasteiger partial charge is 0.480 e. The van der Waals surface area contributed by atoms with E-state index in [1.54, 1.807) is 24.5 Å². The van der Waals surface area contributed by atoms with Crippen LogP contribution in [0.25, 0.3) is 0 Å². The van der Waals surface area contributed by atoms with E-state index < -0.39 is 48.4 Å². The van der Waals surface area contributed by atoms with E-state index in [1.165, 1.54) is 12.5 Å². The van der Waals surface area contributed by atoms with Crippen molar-refractivity contribution in [3.8, 4) is 0 Å². The van der Waals surface area contributed by atoms with Crippen LogP contribution in [0.2, 0.25) is 0 Å². The van der Waals surface area contributed by atoms with Crippen molar-refractivity contribution in [2.24, 2.45) is 11.5 Å². The first-order valence-corrected chi connectivity index (χ1v) is 11.2. The van der Waals surface area contributed by atoms with Crippen LogP contribution in [0.15, 0.2) is 37.1 Å². The van der Waals surface area contributed by atoms with Crippen LogP contribution in [-0.2, 0) is 32.0 Å². The van der Waals surface area contributed by atoms with Gasteiger partial charge >= 0.3 is 5.97 Å². The molecule has 0 bridgehead atoms. The van der Waals surface area contributed by atoms with Gasteiger partial charge in [-0.1, -0.05) is 6.07 Å². The number of unbranched alkanes of at least 4 members (excludes halogenated alkanes) is 1. The maximum atomic E-state index is 12.8. The summed E-state index contributed by atoms with van der Waals surface area (Å²) in [6, 6.07) is 0.402. The number of nitrogens with zero attached hydrogens (tertiary/aromatic N) is 2. The molecule has 0 radical (unpaired) electrons. The fourth-order valence-corrected chi connectivity index (χ4v) is 3.26. The van der Waals surface area contributed by atoms with E-state index in [1.807, 2.05) is 0 Å². The summed E-state index contributed by atoms with van der Waals surface area (Å²) in [6.07, 6.45) is 7.74. The third-order valence-corrected chi connectivity index (χ3v) is 5.13. The molecule has 3 atom stereocenters. The molecule has 0 spiro atoms. The van der Waals surface area contributed by atoms with Crippen LogP contribution in [0, 0.1) is 0 Å². The number of aromatic nitrogens is 3. The fraction of sp³-hybridized carbons (Fsp3) is 0.455. The van der Waals surface area contributed by atoms with Crippen LogP contribution in [0.4, 0.5) is 0 Å². The first kappa shape index (κ1) is 27.4. The molecular formula is C22H32N8O5. The molecule has 0 aromatic carbocycles. The molecule has 9 N–H and O–H groups in total. The van der Waals surface area contributed by atoms with Gasteiger partial charge in [-0.05, 0) is 43.9 Å². The minimum Gasteiger partial charge on any atom is -0.480 e. The van der Waals surface area contributed by atoms with Gasteiger partial charge in [0, 0.05) is 30.7 Å². The summed E-state index contributed by atoms with van der Waals surface area (Å²) in [4.78, 5) is 59.8. The number of carboxylic acids is 1. The number of aromatic amines is 1. The van der Waals surface area contributed by atoms with E-state index in [9.17, 15) is 24.3 Å². The van der Waals surface area contributed by atoms with Gasteiger partial charge in [-0.3, -0.25) is 19.4 Å². The molecule has 0 saturated carbocycles. The minimum atomic E-state index is -1.18. The lowest BCUT2D eigenvalue weighted by molar-refractivity contribution is -0.142. The van der Waals surface area contributed by atoms with E-state index in [0.717, 1.165) is 5.56 Å². The van der Waals surface area contributed by atoms with Gasteiger partial charge < -0.3 is 37.5 Å². The molecule has 35 heavy (non-hydrogen) atoms. The number of carboxylic acid groups (broad SMARTS) is 1. The van der Waals surface area contributed by atoms with E-state index >= 15 is 0 Å². The molecule has 3 amide bonds. The highest BCUT2D eigenvalue weighted by molar-refractivity contribution is 5.92. The summed E-state index contributed by atoms with van der Waals surface area (Å²) in [5.74, 6) is -3.03. The van der Waals surface area contributed by atoms with Crippen LogP contribution in [0.5, 0.6) is 0 Å². The molecule has 0 aliphatic carbocycles. The number of H-pyrrole nitrogens is 1. The summed E-state index contributed by atoms with van der Waals surface area (Å²) in [5, 5.41) is 16.9. The molecule has 190 valence electrons. The van der Waals surface area contributed by atoms with Gasteiger partial charge in [0.2, 0.25) is 17.7 Å². The number of hydrogen-bond acceptors (Lipinski definition) is 8. The number of amides is 3. The number of carbonyl (C=O) groups is 4. The zero-order valence-corrected chi connectivity index (χ0v) is 19.3. The molecule has 13 heteroatoms. The maximum Gasteiger partial charge on any atom is 0.326 e. The van der Waals surface area contributed by atoms with Gasteiger partial charge in [0.25, 0.3) is 0 Å². The highest BCUT2D eigenvalue weighted by atomic mass is 16.4. The lowest BCUT2D eigenvalue weighted by atomic mass is 10.1. The molecule has 2 rings (SSSR count). The first-order valence-electron chi connectivity index (χ1n) is 11.2. The Morgan fingerprint density at radius 2 is 1.83 bits per heavy atom. The quantitative estimate of drug-likeness (QED) is 0.141. The number of rotatable bonds is 15. The first-order chi connectivity index (χ1) is 16.8. The molecule has 2 aromatic rings. The Labute approximate surface area is 202 Å². The van der Waals surface area contributed by atoms with Crippen LogP contribution in [0.1, 0.15) is 30.5 Å². The van der Waals surface area contributed by atoms with Gasteiger partial charge in [-0.15, -0.1) is 0 Å². The highest BCUT2D eigenvalue weighted by Gasteiger charge is 2.27. The second kappa shape index (κ2) is 14.4. The Balaban J connectivity index is 1.94. The van der Waals surface area contributed by atoms with Crippen molar-refractivity contribution in [1.29, 1.82) is 0 Å². The van der Waals surface area contributed by atoms with Crippen molar-refractivity contribution >= 4 is 23.7 Å². The molecule has 0 unspecified atom stereocenters. The molecule has 0 saturated heterocycles. The molecule has 0 fully saturated rings. The number of imidazole rings is 1. The van der Waals surface area contributed by atoms with Crippen molar-refractivity contribution in [3.63, 3.8) is 0 Å². The van der Waals surface area contributed by atoms with Crippen LogP contribution in [-0.4, -0.2) is 75.0 Å². The smallest absolute Gasteiger partial charge is 0.326 e. The Morgan fingerprint density at radius 3 is 2.46 bits per heavy atom. The zero-order valence-electron chi connectivity index (χ0n) is 19.3. The third-order valence-electron chi connectivity index (χ3n) is 5.13. The Hall–Kier alpha value is -3.84. The second-order valence-electron chi connectivity index (χ2n) is 7.97. The molecule has 13 nitrogen and oxygen atoms in total. The molecule has 0 aliphatic rings. The highest BCUT2D eigenvalue weighted by Crippen LogP contribution is 2.04. The van der Waals surface area contributed by atoms with E-state index in [-0.39, 0.29) is 19.3 Å². The van der Waals surface area contributed by atoms with Crippen molar-refractivity contribution < 1.29 is 24.3 Å². The maximum absolute atomic E-state index is 12.8. The standard InChI is InChI=1S/C22H32N8O5/c23-6-2-1-5-17(22(34)35)30-21(33)18(9-15-11-26-13-28-15)29-19(31)12-27-20(32)16(24)8-14-4-3-7-25-10-14/h3-4,7,10-11,13,16-18H,1-2,5-6,8-9,12,23-24H2,(H,26,28)(H,27,32)(H,29,31)(H,30,33)(H,34,35)/t16-,17-,18-/m0/s1. The molecule has 2 heterocycles. The summed E-state index contributed by atoms with van der Waals surface area (Å²) in [5.41, 5.74) is 12.7. The lowest BCUT2D eigenvalue weighted by Crippen LogP contribution is -2.54. The molecular weight excluding hydrogens is 456 g/mol. The van der Waals surface area contributed by atoms with Crippen molar-refractivity contribution in [2.75, 3.05) is 13.1 Å². The van der Waals surface area contributed by atoms with Gasteiger partial charge in [0.05, 0.1) is 18.9 Å². The number of nitrogens with two attached hydrogens (primary N) is 2. The SMILES string of the molecule is NCCCC[C@H](NC(=O)[C@H](Cc1cnc[nH]1)NC(=O)CNC(=O)[C@@H](N)Cc1cccnc1)C(=O)O. The summed E-state index contributed by atoms with van der Waals surface area (Å²) in [6.45, 7) is 0.00158. The van der Waals surface area contributed by atoms with Crippen molar-refractivity contribution in [2.45, 2.75) is 50.2 Å². The van der Waals surface area contributed by atoms with Crippen LogP contribution in [0.3, 0.4) is 0 Å². The zero-order chi connectivity index (χ0) is 25.6. The predicted molar refractivity (Wildman–Crippen MR) is 126 cm³/mol. The van der Waals surface area contributed by atoms with Gasteiger partial charge in [-0.2, -0.15) is 0 Å². The van der Waals surface area contributed by atoms with Crippen LogP contribution < -0.4 is 27.4 Å². The van der Waals surface area contributed by atoms with E-state index in [0.29, 0.717) is 25.1 Å². The van der Waals surface area contributed by atoms with Crippen molar-refractivity contribution in [3.05, 3.63) is 48.3 Å². The van der Waals surface area contributed by atoms with Gasteiger partial charge in [0.15, 0.2) is 0 Å². The summed E-state index contributed by atoms with van der Waals surface area (Å²) < 4.78 is 0. The van der Waals surface area contributed by atoms with Crippen molar-refractivity contribution in [1.82, 2.24) is 30.9 Å². The number of carbonyl (C=O) groups excluding carboxylic acids is 3. The minimum absolute atomic E-state index is 0.0428.